The largest absolute Gasteiger partial charge is 0.262 e. The molecule has 0 heterocycles. The van der Waals surface area contributed by atoms with E-state index in [-0.39, 0.29) is 10.8 Å². The van der Waals surface area contributed by atoms with Crippen molar-refractivity contribution in [2.75, 3.05) is 0 Å². The Hall–Kier alpha value is -1.17. The van der Waals surface area contributed by atoms with Crippen LogP contribution in [0.5, 0.6) is 0 Å². The maximum absolute atomic E-state index is 10.9. The van der Waals surface area contributed by atoms with Gasteiger partial charge in [-0.25, -0.2) is 0 Å². The van der Waals surface area contributed by atoms with E-state index in [0.29, 0.717) is 5.70 Å². The van der Waals surface area contributed by atoms with Gasteiger partial charge in [-0.3, -0.25) is 10.1 Å². The number of hydrogen-bond acceptors (Lipinski definition) is 2. The van der Waals surface area contributed by atoms with Crippen molar-refractivity contribution in [3.05, 3.63) is 61.4 Å². The van der Waals surface area contributed by atoms with E-state index >= 15 is 0 Å². The maximum atomic E-state index is 10.9. The lowest BCUT2D eigenvalue weighted by atomic mass is 9.89. The Kier molecular flexibility index (Phi) is 3.61. The van der Waals surface area contributed by atoms with Gasteiger partial charge in [-0.1, -0.05) is 37.3 Å². The molecule has 0 saturated carbocycles. The summed E-state index contributed by atoms with van der Waals surface area (Å²) in [6.45, 7) is 1.91. The van der Waals surface area contributed by atoms with Crippen molar-refractivity contribution in [2.45, 2.75) is 13.3 Å². The molecular formula is C13H12INO2. The highest BCUT2D eigenvalue weighted by molar-refractivity contribution is 14.1. The Labute approximate surface area is 114 Å². The first-order valence-corrected chi connectivity index (χ1v) is 6.47. The van der Waals surface area contributed by atoms with Crippen LogP contribution in [0.2, 0.25) is 0 Å². The average Bonchev–Trinajstić information content (AvgIpc) is 2.28. The van der Waals surface area contributed by atoms with Crippen LogP contribution >= 0.6 is 22.6 Å². The third-order valence-electron chi connectivity index (χ3n) is 2.88. The predicted molar refractivity (Wildman–Crippen MR) is 76.2 cm³/mol. The quantitative estimate of drug-likeness (QED) is 0.463. The van der Waals surface area contributed by atoms with Crippen LogP contribution in [0.4, 0.5) is 0 Å². The highest BCUT2D eigenvalue weighted by Crippen LogP contribution is 2.37. The highest BCUT2D eigenvalue weighted by atomic mass is 127. The van der Waals surface area contributed by atoms with Crippen LogP contribution in [0.1, 0.15) is 18.9 Å². The fourth-order valence-corrected chi connectivity index (χ4v) is 3.17. The summed E-state index contributed by atoms with van der Waals surface area (Å²) in [5.74, 6) is -0.0305. The van der Waals surface area contributed by atoms with Crippen LogP contribution in [-0.2, 0) is 0 Å². The highest BCUT2D eigenvalue weighted by Gasteiger charge is 2.28. The SMILES string of the molecule is CC1CC(c2ccccc2)=CC(I)=C1[N+](=O)[O-]. The molecule has 4 heteroatoms. The van der Waals surface area contributed by atoms with Crippen LogP contribution in [0.25, 0.3) is 5.57 Å². The molecule has 1 atom stereocenters. The second-order valence-corrected chi connectivity index (χ2v) is 5.29. The molecule has 0 amide bonds. The zero-order valence-electron chi connectivity index (χ0n) is 9.39. The second kappa shape index (κ2) is 5.00. The van der Waals surface area contributed by atoms with Gasteiger partial charge in [0.25, 0.3) is 5.70 Å². The second-order valence-electron chi connectivity index (χ2n) is 4.13. The molecule has 88 valence electrons. The Morgan fingerprint density at radius 3 is 2.53 bits per heavy atom. The third kappa shape index (κ3) is 2.57. The summed E-state index contributed by atoms with van der Waals surface area (Å²) in [6, 6.07) is 10.0. The topological polar surface area (TPSA) is 43.1 Å². The van der Waals surface area contributed by atoms with Crippen molar-refractivity contribution in [2.24, 2.45) is 5.92 Å². The summed E-state index contributed by atoms with van der Waals surface area (Å²) < 4.78 is 0.741. The molecule has 0 N–H and O–H groups in total. The van der Waals surface area contributed by atoms with Crippen molar-refractivity contribution in [1.29, 1.82) is 0 Å². The van der Waals surface area contributed by atoms with Gasteiger partial charge in [-0.15, -0.1) is 0 Å². The molecule has 0 aromatic heterocycles. The Morgan fingerprint density at radius 1 is 1.35 bits per heavy atom. The standard InChI is InChI=1S/C13H12INO2/c1-9-7-11(10-5-3-2-4-6-10)8-12(14)13(9)15(16)17/h2-6,8-9H,7H2,1H3. The van der Waals surface area contributed by atoms with Gasteiger partial charge in [0.2, 0.25) is 0 Å². The van der Waals surface area contributed by atoms with E-state index in [4.69, 9.17) is 0 Å². The van der Waals surface area contributed by atoms with Gasteiger partial charge in [0.1, 0.15) is 0 Å². The molecule has 1 unspecified atom stereocenters. The van der Waals surface area contributed by atoms with Gasteiger partial charge in [0.15, 0.2) is 0 Å². The molecule has 2 rings (SSSR count). The van der Waals surface area contributed by atoms with E-state index in [1.54, 1.807) is 0 Å². The van der Waals surface area contributed by atoms with Gasteiger partial charge < -0.3 is 0 Å². The molecule has 0 fully saturated rings. The number of benzene rings is 1. The van der Waals surface area contributed by atoms with Gasteiger partial charge >= 0.3 is 0 Å². The van der Waals surface area contributed by atoms with Gasteiger partial charge in [-0.2, -0.15) is 0 Å². The molecule has 17 heavy (non-hydrogen) atoms. The van der Waals surface area contributed by atoms with E-state index in [9.17, 15) is 10.1 Å². The molecule has 0 saturated heterocycles. The minimum Gasteiger partial charge on any atom is -0.259 e. The lowest BCUT2D eigenvalue weighted by molar-refractivity contribution is -0.433. The number of hydrogen-bond donors (Lipinski definition) is 0. The number of allylic oxidation sites excluding steroid dienone is 4. The zero-order valence-corrected chi connectivity index (χ0v) is 11.5. The summed E-state index contributed by atoms with van der Waals surface area (Å²) in [7, 11) is 0. The van der Waals surface area contributed by atoms with Crippen molar-refractivity contribution in [1.82, 2.24) is 0 Å². The number of nitrogens with zero attached hydrogens (tertiary/aromatic N) is 1. The van der Waals surface area contributed by atoms with Crippen LogP contribution < -0.4 is 0 Å². The molecule has 0 bridgehead atoms. The van der Waals surface area contributed by atoms with E-state index < -0.39 is 0 Å². The van der Waals surface area contributed by atoms with Crippen molar-refractivity contribution in [3.63, 3.8) is 0 Å². The first-order valence-electron chi connectivity index (χ1n) is 5.39. The lowest BCUT2D eigenvalue weighted by Crippen LogP contribution is -2.14. The van der Waals surface area contributed by atoms with Gasteiger partial charge in [-0.05, 0) is 46.2 Å². The molecule has 3 nitrogen and oxygen atoms in total. The van der Waals surface area contributed by atoms with Crippen LogP contribution in [0.15, 0.2) is 45.7 Å². The van der Waals surface area contributed by atoms with Crippen molar-refractivity contribution >= 4 is 28.2 Å². The molecule has 1 aromatic carbocycles. The summed E-state index contributed by atoms with van der Waals surface area (Å²) >= 11 is 2.05. The van der Waals surface area contributed by atoms with E-state index in [2.05, 4.69) is 22.6 Å². The summed E-state index contributed by atoms with van der Waals surface area (Å²) in [4.78, 5) is 10.7. The Bertz CT molecular complexity index is 505. The lowest BCUT2D eigenvalue weighted by Gasteiger charge is -2.18. The van der Waals surface area contributed by atoms with E-state index in [1.807, 2.05) is 43.3 Å². The zero-order chi connectivity index (χ0) is 12.4. The van der Waals surface area contributed by atoms with Crippen LogP contribution in [0.3, 0.4) is 0 Å². The molecule has 0 radical (unpaired) electrons. The smallest absolute Gasteiger partial charge is 0.259 e. The van der Waals surface area contributed by atoms with E-state index in [1.165, 1.54) is 5.57 Å². The van der Waals surface area contributed by atoms with Gasteiger partial charge in [0, 0.05) is 0 Å². The fourth-order valence-electron chi connectivity index (χ4n) is 2.07. The molecule has 1 aliphatic carbocycles. The summed E-state index contributed by atoms with van der Waals surface area (Å²) in [5, 5.41) is 10.9. The third-order valence-corrected chi connectivity index (χ3v) is 3.74. The molecule has 1 aromatic rings. The first kappa shape index (κ1) is 12.3. The van der Waals surface area contributed by atoms with Gasteiger partial charge in [0.05, 0.1) is 14.4 Å². The van der Waals surface area contributed by atoms with Crippen molar-refractivity contribution < 1.29 is 4.92 Å². The summed E-state index contributed by atoms with van der Waals surface area (Å²) in [5.41, 5.74) is 2.66. The monoisotopic (exact) mass is 341 g/mol. The first-order chi connectivity index (χ1) is 8.09. The Morgan fingerprint density at radius 2 is 2.00 bits per heavy atom. The molecule has 0 spiro atoms. The predicted octanol–water partition coefficient (Wildman–Crippen LogP) is 4.03. The maximum Gasteiger partial charge on any atom is 0.262 e. The minimum atomic E-state index is -0.259. The molecular weight excluding hydrogens is 329 g/mol. The number of nitro groups is 1. The molecule has 1 aliphatic rings. The Balaban J connectivity index is 2.42. The summed E-state index contributed by atoms with van der Waals surface area (Å²) in [6.07, 6.45) is 2.65. The minimum absolute atomic E-state index is 0.0305. The van der Waals surface area contributed by atoms with Crippen LogP contribution in [0, 0.1) is 16.0 Å². The average molecular weight is 341 g/mol. The number of halogens is 1. The molecule has 0 aliphatic heterocycles. The van der Waals surface area contributed by atoms with E-state index in [0.717, 1.165) is 15.6 Å². The number of rotatable bonds is 2. The van der Waals surface area contributed by atoms with Crippen LogP contribution in [-0.4, -0.2) is 4.92 Å². The van der Waals surface area contributed by atoms with Crippen molar-refractivity contribution in [3.8, 4) is 0 Å². The fraction of sp³-hybridized carbons (Fsp3) is 0.231. The normalized spacial score (nSPS) is 20.1.